The molecule has 0 bridgehead atoms. The third-order valence-electron chi connectivity index (χ3n) is 1.55. The number of rotatable bonds is 3. The predicted octanol–water partition coefficient (Wildman–Crippen LogP) is -3.48. The molecule has 3 N–H and O–H groups in total. The Labute approximate surface area is 115 Å². The summed E-state index contributed by atoms with van der Waals surface area (Å²) in [4.78, 5) is 21.1. The summed E-state index contributed by atoms with van der Waals surface area (Å²) in [5.74, 6) is -1.95. The van der Waals surface area contributed by atoms with Crippen LogP contribution in [-0.4, -0.2) is 11.9 Å². The number of carbonyl (C=O) groups is 2. The molecule has 0 fully saturated rings. The quantitative estimate of drug-likeness (QED) is 0.319. The van der Waals surface area contributed by atoms with Crippen molar-refractivity contribution >= 4 is 23.3 Å². The Morgan fingerprint density at radius 2 is 1.75 bits per heavy atom. The van der Waals surface area contributed by atoms with Gasteiger partial charge in [0.05, 0.1) is 5.97 Å². The topological polar surface area (TPSA) is 95.2 Å². The molecule has 78 valence electrons. The molecule has 0 unspecified atom stereocenters. The van der Waals surface area contributed by atoms with Crippen molar-refractivity contribution in [1.82, 2.24) is 0 Å². The monoisotopic (exact) mass is 228 g/mol. The van der Waals surface area contributed by atoms with Gasteiger partial charge in [0.2, 0.25) is 5.91 Å². The molecule has 0 spiro atoms. The van der Waals surface area contributed by atoms with Crippen LogP contribution in [0, 0.1) is 0 Å². The van der Waals surface area contributed by atoms with E-state index in [1.165, 1.54) is 0 Å². The fourth-order valence-electron chi connectivity index (χ4n) is 0.894. The average Bonchev–Trinajstić information content (AvgIpc) is 2.19. The van der Waals surface area contributed by atoms with Crippen molar-refractivity contribution in [3.63, 3.8) is 0 Å². The maximum atomic E-state index is 11.1. The molecule has 0 aliphatic carbocycles. The van der Waals surface area contributed by atoms with E-state index in [0.29, 0.717) is 17.5 Å². The van der Waals surface area contributed by atoms with Crippen molar-refractivity contribution in [2.45, 2.75) is 0 Å². The SMILES string of the molecule is Nc1ccc(NC(=O)/C=C\C(=O)[O-])cc1.[Na+]. The van der Waals surface area contributed by atoms with Crippen LogP contribution in [0.25, 0.3) is 0 Å². The minimum atomic E-state index is -1.41. The van der Waals surface area contributed by atoms with Crippen LogP contribution >= 0.6 is 0 Å². The van der Waals surface area contributed by atoms with Crippen molar-refractivity contribution in [2.75, 3.05) is 11.1 Å². The van der Waals surface area contributed by atoms with Crippen LogP contribution in [0.3, 0.4) is 0 Å². The van der Waals surface area contributed by atoms with Gasteiger partial charge in [-0.15, -0.1) is 0 Å². The first-order chi connectivity index (χ1) is 7.08. The van der Waals surface area contributed by atoms with E-state index in [-0.39, 0.29) is 29.6 Å². The van der Waals surface area contributed by atoms with Crippen molar-refractivity contribution in [2.24, 2.45) is 0 Å². The number of anilines is 2. The smallest absolute Gasteiger partial charge is 0.545 e. The number of carbonyl (C=O) groups excluding carboxylic acids is 2. The Kier molecular flexibility index (Phi) is 6.48. The molecule has 0 aromatic heterocycles. The molecule has 0 saturated heterocycles. The summed E-state index contributed by atoms with van der Waals surface area (Å²) in [6, 6.07) is 6.47. The van der Waals surface area contributed by atoms with Crippen LogP contribution in [0.15, 0.2) is 36.4 Å². The number of hydrogen-bond donors (Lipinski definition) is 2. The second kappa shape index (κ2) is 7.05. The Bertz CT molecular complexity index is 401. The van der Waals surface area contributed by atoms with Crippen molar-refractivity contribution in [1.29, 1.82) is 0 Å². The number of nitrogens with two attached hydrogens (primary N) is 1. The molecule has 1 rings (SSSR count). The van der Waals surface area contributed by atoms with Gasteiger partial charge in [0.15, 0.2) is 0 Å². The molecule has 0 aliphatic rings. The average molecular weight is 228 g/mol. The van der Waals surface area contributed by atoms with E-state index in [9.17, 15) is 14.7 Å². The van der Waals surface area contributed by atoms with Gasteiger partial charge < -0.3 is 21.0 Å². The molecular weight excluding hydrogens is 219 g/mol. The molecule has 1 amide bonds. The van der Waals surface area contributed by atoms with Gasteiger partial charge in [0.1, 0.15) is 0 Å². The summed E-state index contributed by atoms with van der Waals surface area (Å²) < 4.78 is 0. The number of nitrogens with one attached hydrogen (secondary N) is 1. The Balaban J connectivity index is 0.00000225. The Morgan fingerprint density at radius 3 is 2.25 bits per heavy atom. The zero-order valence-corrected chi connectivity index (χ0v) is 10.8. The number of nitrogen functional groups attached to an aromatic ring is 1. The molecule has 1 aromatic rings. The molecular formula is C10H9N2NaO3. The van der Waals surface area contributed by atoms with E-state index < -0.39 is 11.9 Å². The standard InChI is InChI=1S/C10H10N2O3.Na/c11-7-1-3-8(4-2-7)12-9(13)5-6-10(14)15;/h1-6H,11H2,(H,12,13)(H,14,15);/q;+1/p-1/b6-5-;. The maximum absolute atomic E-state index is 11.1. The first-order valence-corrected chi connectivity index (χ1v) is 4.13. The zero-order valence-electron chi connectivity index (χ0n) is 8.77. The van der Waals surface area contributed by atoms with Crippen LogP contribution < -0.4 is 45.7 Å². The van der Waals surface area contributed by atoms with Crippen molar-refractivity contribution in [3.05, 3.63) is 36.4 Å². The molecule has 0 saturated carbocycles. The van der Waals surface area contributed by atoms with Gasteiger partial charge >= 0.3 is 29.6 Å². The molecule has 16 heavy (non-hydrogen) atoms. The fourth-order valence-corrected chi connectivity index (χ4v) is 0.894. The number of carboxylic acids is 1. The van der Waals surface area contributed by atoms with Gasteiger partial charge in [-0.2, -0.15) is 0 Å². The first-order valence-electron chi connectivity index (χ1n) is 4.13. The maximum Gasteiger partial charge on any atom is 1.00 e. The van der Waals surface area contributed by atoms with Gasteiger partial charge in [-0.05, 0) is 30.3 Å². The summed E-state index contributed by atoms with van der Waals surface area (Å²) in [6.45, 7) is 0. The van der Waals surface area contributed by atoms with Crippen molar-refractivity contribution in [3.8, 4) is 0 Å². The van der Waals surface area contributed by atoms with E-state index in [1.807, 2.05) is 0 Å². The molecule has 0 radical (unpaired) electrons. The van der Waals surface area contributed by atoms with E-state index in [2.05, 4.69) is 5.32 Å². The number of amides is 1. The minimum Gasteiger partial charge on any atom is -0.545 e. The zero-order chi connectivity index (χ0) is 11.3. The molecule has 6 heteroatoms. The molecule has 5 nitrogen and oxygen atoms in total. The Hall–Kier alpha value is -1.30. The van der Waals surface area contributed by atoms with E-state index in [0.717, 1.165) is 6.08 Å². The van der Waals surface area contributed by atoms with Crippen LogP contribution in [0.5, 0.6) is 0 Å². The van der Waals surface area contributed by atoms with Crippen molar-refractivity contribution < 1.29 is 44.3 Å². The molecule has 0 aliphatic heterocycles. The first kappa shape index (κ1) is 14.7. The van der Waals surface area contributed by atoms with Crippen LogP contribution in [0.2, 0.25) is 0 Å². The van der Waals surface area contributed by atoms with Gasteiger partial charge in [0.25, 0.3) is 0 Å². The summed E-state index contributed by atoms with van der Waals surface area (Å²) in [5.41, 5.74) is 6.56. The summed E-state index contributed by atoms with van der Waals surface area (Å²) in [7, 11) is 0. The van der Waals surface area contributed by atoms with E-state index in [1.54, 1.807) is 24.3 Å². The number of aliphatic carboxylic acids is 1. The second-order valence-electron chi connectivity index (χ2n) is 2.76. The molecule has 1 aromatic carbocycles. The minimum absolute atomic E-state index is 0. The summed E-state index contributed by atoms with van der Waals surface area (Å²) >= 11 is 0. The summed E-state index contributed by atoms with van der Waals surface area (Å²) in [6.07, 6.45) is 1.54. The summed E-state index contributed by atoms with van der Waals surface area (Å²) in [5, 5.41) is 12.5. The van der Waals surface area contributed by atoms with Gasteiger partial charge in [-0.25, -0.2) is 0 Å². The normalized spacial score (nSPS) is 9.50. The predicted molar refractivity (Wildman–Crippen MR) is 53.6 cm³/mol. The van der Waals surface area contributed by atoms with E-state index >= 15 is 0 Å². The fraction of sp³-hybridized carbons (Fsp3) is 0. The molecule has 0 heterocycles. The second-order valence-corrected chi connectivity index (χ2v) is 2.76. The van der Waals surface area contributed by atoms with Gasteiger partial charge in [-0.3, -0.25) is 4.79 Å². The van der Waals surface area contributed by atoms with E-state index in [4.69, 9.17) is 5.73 Å². The largest absolute Gasteiger partial charge is 1.00 e. The van der Waals surface area contributed by atoms with Gasteiger partial charge in [0, 0.05) is 17.5 Å². The third kappa shape index (κ3) is 5.55. The van der Waals surface area contributed by atoms with Crippen LogP contribution in [0.4, 0.5) is 11.4 Å². The number of benzene rings is 1. The van der Waals surface area contributed by atoms with Gasteiger partial charge in [-0.1, -0.05) is 0 Å². The number of hydrogen-bond acceptors (Lipinski definition) is 4. The number of carboxylic acid groups (broad SMARTS) is 1. The Morgan fingerprint density at radius 1 is 1.19 bits per heavy atom. The molecule has 0 atom stereocenters. The van der Waals surface area contributed by atoms with Crippen LogP contribution in [-0.2, 0) is 9.59 Å². The van der Waals surface area contributed by atoms with Crippen LogP contribution in [0.1, 0.15) is 0 Å². The third-order valence-corrected chi connectivity index (χ3v) is 1.55.